The highest BCUT2D eigenvalue weighted by molar-refractivity contribution is 8.13. The van der Waals surface area contributed by atoms with Crippen LogP contribution in [0.2, 0.25) is 0 Å². The van der Waals surface area contributed by atoms with E-state index in [9.17, 15) is 27.6 Å². The van der Waals surface area contributed by atoms with Crippen molar-refractivity contribution < 1.29 is 32.3 Å². The molecule has 0 heterocycles. The quantitative estimate of drug-likeness (QED) is 0.729. The van der Waals surface area contributed by atoms with Gasteiger partial charge in [0.25, 0.3) is 0 Å². The lowest BCUT2D eigenvalue weighted by atomic mass is 9.98. The van der Waals surface area contributed by atoms with Gasteiger partial charge in [0.05, 0.1) is 0 Å². The van der Waals surface area contributed by atoms with Crippen LogP contribution in [-0.2, 0) is 19.1 Å². The van der Waals surface area contributed by atoms with Gasteiger partial charge < -0.3 is 10.1 Å². The Labute approximate surface area is 143 Å². The highest BCUT2D eigenvalue weighted by Gasteiger charge is 2.45. The summed E-state index contributed by atoms with van der Waals surface area (Å²) in [5.41, 5.74) is 0. The summed E-state index contributed by atoms with van der Waals surface area (Å²) in [4.78, 5) is 34.6. The van der Waals surface area contributed by atoms with Gasteiger partial charge in [-0.1, -0.05) is 18.2 Å². The summed E-state index contributed by atoms with van der Waals surface area (Å²) in [5.74, 6) is -5.13. The molecule has 0 aromatic rings. The van der Waals surface area contributed by atoms with Crippen molar-refractivity contribution in [2.24, 2.45) is 5.92 Å². The van der Waals surface area contributed by atoms with Crippen molar-refractivity contribution >= 4 is 28.8 Å². The summed E-state index contributed by atoms with van der Waals surface area (Å²) in [6.45, 7) is 2.41. The zero-order chi connectivity index (χ0) is 18.3. The van der Waals surface area contributed by atoms with E-state index >= 15 is 0 Å². The van der Waals surface area contributed by atoms with Crippen LogP contribution in [-0.4, -0.2) is 41.1 Å². The summed E-state index contributed by atoms with van der Waals surface area (Å²) >= 11 is 0.423. The SMILES string of the molecule is CC(=O)SCC(C(=O)N[C@@H](C)C(=O)OC1CCCCC1)C(F)(F)F. The van der Waals surface area contributed by atoms with Gasteiger partial charge in [-0.25, -0.2) is 4.79 Å². The van der Waals surface area contributed by atoms with Crippen LogP contribution in [0.5, 0.6) is 0 Å². The fourth-order valence-corrected chi connectivity index (χ4v) is 3.08. The molecule has 138 valence electrons. The van der Waals surface area contributed by atoms with E-state index in [2.05, 4.69) is 0 Å². The first-order chi connectivity index (χ1) is 11.1. The number of esters is 1. The molecule has 0 aromatic carbocycles. The number of amides is 1. The number of hydrogen-bond donors (Lipinski definition) is 1. The van der Waals surface area contributed by atoms with Crippen molar-refractivity contribution in [3.8, 4) is 0 Å². The van der Waals surface area contributed by atoms with Gasteiger partial charge in [-0.3, -0.25) is 9.59 Å². The molecule has 1 aliphatic rings. The van der Waals surface area contributed by atoms with Gasteiger partial charge in [0.15, 0.2) is 5.12 Å². The summed E-state index contributed by atoms with van der Waals surface area (Å²) in [7, 11) is 0. The van der Waals surface area contributed by atoms with Crippen molar-refractivity contribution in [1.82, 2.24) is 5.32 Å². The van der Waals surface area contributed by atoms with Crippen molar-refractivity contribution in [3.63, 3.8) is 0 Å². The van der Waals surface area contributed by atoms with E-state index < -0.39 is 40.9 Å². The minimum Gasteiger partial charge on any atom is -0.461 e. The lowest BCUT2D eigenvalue weighted by Crippen LogP contribution is -2.48. The number of thioether (sulfide) groups is 1. The first kappa shape index (κ1) is 20.8. The number of halogens is 3. The molecule has 1 saturated carbocycles. The number of ether oxygens (including phenoxy) is 1. The average Bonchev–Trinajstić information content (AvgIpc) is 2.46. The molecule has 1 aliphatic carbocycles. The lowest BCUT2D eigenvalue weighted by molar-refractivity contribution is -0.179. The van der Waals surface area contributed by atoms with Crippen LogP contribution in [0, 0.1) is 5.92 Å². The Kier molecular flexibility index (Phi) is 8.05. The van der Waals surface area contributed by atoms with Crippen molar-refractivity contribution in [1.29, 1.82) is 0 Å². The zero-order valence-electron chi connectivity index (χ0n) is 13.6. The average molecular weight is 369 g/mol. The molecule has 0 saturated heterocycles. The summed E-state index contributed by atoms with van der Waals surface area (Å²) < 4.78 is 44.1. The molecule has 0 aliphatic heterocycles. The number of carbonyl (C=O) groups excluding carboxylic acids is 3. The van der Waals surface area contributed by atoms with Gasteiger partial charge in [-0.15, -0.1) is 0 Å². The third kappa shape index (κ3) is 7.11. The Bertz CT molecular complexity index is 464. The fraction of sp³-hybridized carbons (Fsp3) is 0.800. The van der Waals surface area contributed by atoms with E-state index in [0.717, 1.165) is 39.0 Å². The first-order valence-corrected chi connectivity index (χ1v) is 8.80. The molecular formula is C15H22F3NO4S. The maximum atomic E-state index is 12.9. The standard InChI is InChI=1S/C15H22F3NO4S/c1-9(14(22)23-11-6-4-3-5-7-11)19-13(21)12(15(16,17)18)8-24-10(2)20/h9,11-12H,3-8H2,1-2H3,(H,19,21)/t9-,12?/m0/s1. The van der Waals surface area contributed by atoms with Crippen LogP contribution in [0.15, 0.2) is 0 Å². The molecule has 24 heavy (non-hydrogen) atoms. The molecule has 1 fully saturated rings. The van der Waals surface area contributed by atoms with Crippen molar-refractivity contribution in [3.05, 3.63) is 0 Å². The minimum atomic E-state index is -4.79. The van der Waals surface area contributed by atoms with Crippen molar-refractivity contribution in [2.45, 2.75) is 64.3 Å². The van der Waals surface area contributed by atoms with Gasteiger partial charge in [0.1, 0.15) is 18.1 Å². The highest BCUT2D eigenvalue weighted by atomic mass is 32.2. The molecule has 9 heteroatoms. The van der Waals surface area contributed by atoms with E-state index in [1.165, 1.54) is 6.92 Å². The second-order valence-corrected chi connectivity index (χ2v) is 7.02. The number of hydrogen-bond acceptors (Lipinski definition) is 5. The summed E-state index contributed by atoms with van der Waals surface area (Å²) in [6, 6.07) is -1.17. The molecule has 0 aromatic heterocycles. The molecule has 1 unspecified atom stereocenters. The van der Waals surface area contributed by atoms with Crippen LogP contribution in [0.25, 0.3) is 0 Å². The highest BCUT2D eigenvalue weighted by Crippen LogP contribution is 2.29. The molecule has 5 nitrogen and oxygen atoms in total. The molecule has 0 radical (unpaired) electrons. The second kappa shape index (κ2) is 9.29. The smallest absolute Gasteiger partial charge is 0.401 e. The summed E-state index contributed by atoms with van der Waals surface area (Å²) in [5, 5.41) is 1.53. The fourth-order valence-electron chi connectivity index (χ4n) is 2.34. The number of alkyl halides is 3. The largest absolute Gasteiger partial charge is 0.461 e. The van der Waals surface area contributed by atoms with E-state index in [0.29, 0.717) is 11.8 Å². The summed E-state index contributed by atoms with van der Waals surface area (Å²) in [6.07, 6.45) is -0.619. The Morgan fingerprint density at radius 3 is 2.29 bits per heavy atom. The number of carbonyl (C=O) groups is 3. The van der Waals surface area contributed by atoms with E-state index in [1.54, 1.807) is 0 Å². The van der Waals surface area contributed by atoms with Crippen molar-refractivity contribution in [2.75, 3.05) is 5.75 Å². The minimum absolute atomic E-state index is 0.239. The van der Waals surface area contributed by atoms with Crippen LogP contribution in [0.3, 0.4) is 0 Å². The monoisotopic (exact) mass is 369 g/mol. The van der Waals surface area contributed by atoms with Gasteiger partial charge in [-0.05, 0) is 32.6 Å². The van der Waals surface area contributed by atoms with Crippen LogP contribution >= 0.6 is 11.8 Å². The maximum absolute atomic E-state index is 12.9. The predicted octanol–water partition coefficient (Wildman–Crippen LogP) is 2.83. The first-order valence-electron chi connectivity index (χ1n) is 7.82. The molecule has 1 amide bonds. The normalized spacial score (nSPS) is 18.5. The molecule has 1 N–H and O–H groups in total. The van der Waals surface area contributed by atoms with Crippen LogP contribution < -0.4 is 5.32 Å². The van der Waals surface area contributed by atoms with Gasteiger partial charge >= 0.3 is 12.1 Å². The topological polar surface area (TPSA) is 72.5 Å². The predicted molar refractivity (Wildman–Crippen MR) is 83.3 cm³/mol. The van der Waals surface area contributed by atoms with Crippen LogP contribution in [0.1, 0.15) is 46.0 Å². The van der Waals surface area contributed by atoms with E-state index in [4.69, 9.17) is 4.74 Å². The molecule has 0 bridgehead atoms. The Morgan fingerprint density at radius 1 is 1.21 bits per heavy atom. The maximum Gasteiger partial charge on any atom is 0.401 e. The third-order valence-electron chi connectivity index (χ3n) is 3.71. The number of nitrogens with one attached hydrogen (secondary N) is 1. The van der Waals surface area contributed by atoms with Gasteiger partial charge in [-0.2, -0.15) is 13.2 Å². The molecule has 1 rings (SSSR count). The molecular weight excluding hydrogens is 347 g/mol. The number of rotatable bonds is 6. The van der Waals surface area contributed by atoms with Gasteiger partial charge in [0, 0.05) is 12.7 Å². The Hall–Kier alpha value is -1.25. The van der Waals surface area contributed by atoms with E-state index in [-0.39, 0.29) is 6.10 Å². The Morgan fingerprint density at radius 2 is 1.79 bits per heavy atom. The molecule has 2 atom stereocenters. The molecule has 0 spiro atoms. The van der Waals surface area contributed by atoms with Gasteiger partial charge in [0.2, 0.25) is 5.91 Å². The Balaban J connectivity index is 2.57. The lowest BCUT2D eigenvalue weighted by Gasteiger charge is -2.25. The van der Waals surface area contributed by atoms with E-state index in [1.807, 2.05) is 5.32 Å². The third-order valence-corrected chi connectivity index (χ3v) is 4.62. The van der Waals surface area contributed by atoms with Crippen LogP contribution in [0.4, 0.5) is 13.2 Å². The second-order valence-electron chi connectivity index (χ2n) is 5.82. The zero-order valence-corrected chi connectivity index (χ0v) is 14.5.